The molecule has 0 bridgehead atoms. The van der Waals surface area contributed by atoms with Crippen LogP contribution in [0.5, 0.6) is 0 Å². The van der Waals surface area contributed by atoms with Crippen LogP contribution in [0.15, 0.2) is 11.4 Å². The predicted octanol–water partition coefficient (Wildman–Crippen LogP) is 1.49. The van der Waals surface area contributed by atoms with Crippen LogP contribution in [0.25, 0.3) is 0 Å². The van der Waals surface area contributed by atoms with Crippen molar-refractivity contribution < 1.29 is 14.3 Å². The molecule has 1 aromatic heterocycles. The lowest BCUT2D eigenvalue weighted by Gasteiger charge is -2.30. The van der Waals surface area contributed by atoms with Gasteiger partial charge in [0, 0.05) is 18.0 Å². The Bertz CT molecular complexity index is 540. The molecule has 2 aliphatic rings. The summed E-state index contributed by atoms with van der Waals surface area (Å²) in [6.07, 6.45) is 0. The molecule has 3 heterocycles. The van der Waals surface area contributed by atoms with E-state index >= 15 is 0 Å². The summed E-state index contributed by atoms with van der Waals surface area (Å²) >= 11 is 3.27. The zero-order chi connectivity index (χ0) is 14.8. The summed E-state index contributed by atoms with van der Waals surface area (Å²) in [7, 11) is 0. The number of ether oxygens (including phenoxy) is 1. The summed E-state index contributed by atoms with van der Waals surface area (Å²) in [5, 5.41) is 2.03. The van der Waals surface area contributed by atoms with Crippen LogP contribution >= 0.6 is 23.1 Å². The number of thioether (sulfide) groups is 1. The van der Waals surface area contributed by atoms with E-state index in [1.165, 1.54) is 10.4 Å². The van der Waals surface area contributed by atoms with Crippen molar-refractivity contribution in [2.75, 3.05) is 38.6 Å². The second-order valence-corrected chi connectivity index (χ2v) is 7.16. The summed E-state index contributed by atoms with van der Waals surface area (Å²) < 4.78 is 5.26. The lowest BCUT2D eigenvalue weighted by molar-refractivity contribution is -0.141. The Morgan fingerprint density at radius 1 is 1.43 bits per heavy atom. The third kappa shape index (κ3) is 3.09. The first kappa shape index (κ1) is 14.9. The molecule has 7 heteroatoms. The minimum absolute atomic E-state index is 0.0116. The molecule has 1 aromatic rings. The number of carbonyl (C=O) groups excluding carboxylic acids is 2. The van der Waals surface area contributed by atoms with E-state index in [1.54, 1.807) is 32.9 Å². The molecule has 2 aliphatic heterocycles. The van der Waals surface area contributed by atoms with E-state index < -0.39 is 0 Å². The standard InChI is InChI=1S/C14H18N2O3S2/c1-10-2-7-20-13(10)14-16(12(18)9-21-14)8-11(17)15-3-5-19-6-4-15/h2,7,14H,3-6,8-9H2,1H3/t14-/m0/s1. The molecular formula is C14H18N2O3S2. The maximum absolute atomic E-state index is 12.4. The minimum Gasteiger partial charge on any atom is -0.378 e. The van der Waals surface area contributed by atoms with E-state index in [0.717, 1.165) is 0 Å². The van der Waals surface area contributed by atoms with E-state index in [1.807, 2.05) is 5.38 Å². The van der Waals surface area contributed by atoms with Gasteiger partial charge in [0.1, 0.15) is 11.9 Å². The number of thiophene rings is 1. The summed E-state index contributed by atoms with van der Waals surface area (Å²) in [5.74, 6) is 0.533. The Morgan fingerprint density at radius 2 is 2.19 bits per heavy atom. The highest BCUT2D eigenvalue weighted by atomic mass is 32.2. The van der Waals surface area contributed by atoms with Gasteiger partial charge < -0.3 is 14.5 Å². The van der Waals surface area contributed by atoms with Crippen LogP contribution in [0.3, 0.4) is 0 Å². The maximum Gasteiger partial charge on any atom is 0.242 e. The van der Waals surface area contributed by atoms with Gasteiger partial charge in [-0.1, -0.05) is 0 Å². The molecule has 0 aliphatic carbocycles. The molecule has 0 unspecified atom stereocenters. The normalized spacial score (nSPS) is 22.9. The third-order valence-corrected chi connectivity index (χ3v) is 6.20. The highest BCUT2D eigenvalue weighted by Crippen LogP contribution is 2.42. The summed E-state index contributed by atoms with van der Waals surface area (Å²) in [6, 6.07) is 2.06. The van der Waals surface area contributed by atoms with Crippen LogP contribution in [-0.4, -0.2) is 60.2 Å². The first-order valence-corrected chi connectivity index (χ1v) is 8.90. The first-order valence-electron chi connectivity index (χ1n) is 6.97. The largest absolute Gasteiger partial charge is 0.378 e. The smallest absolute Gasteiger partial charge is 0.242 e. The molecule has 0 spiro atoms. The first-order chi connectivity index (χ1) is 10.2. The quantitative estimate of drug-likeness (QED) is 0.844. The van der Waals surface area contributed by atoms with Crippen molar-refractivity contribution in [1.29, 1.82) is 0 Å². The fraction of sp³-hybridized carbons (Fsp3) is 0.571. The number of aryl methyl sites for hydroxylation is 1. The molecule has 2 amide bonds. The molecule has 0 radical (unpaired) electrons. The van der Waals surface area contributed by atoms with E-state index in [-0.39, 0.29) is 23.7 Å². The Morgan fingerprint density at radius 3 is 2.86 bits per heavy atom. The van der Waals surface area contributed by atoms with Crippen LogP contribution in [0, 0.1) is 6.92 Å². The van der Waals surface area contributed by atoms with Gasteiger partial charge in [0.25, 0.3) is 0 Å². The van der Waals surface area contributed by atoms with E-state index in [0.29, 0.717) is 32.1 Å². The van der Waals surface area contributed by atoms with Crippen LogP contribution in [0.4, 0.5) is 0 Å². The topological polar surface area (TPSA) is 49.9 Å². The molecule has 2 fully saturated rings. The average Bonchev–Trinajstić information content (AvgIpc) is 3.07. The van der Waals surface area contributed by atoms with Gasteiger partial charge in [-0.05, 0) is 23.9 Å². The molecule has 0 saturated carbocycles. The van der Waals surface area contributed by atoms with Crippen molar-refractivity contribution in [1.82, 2.24) is 9.80 Å². The van der Waals surface area contributed by atoms with Crippen LogP contribution in [0.2, 0.25) is 0 Å². The molecule has 114 valence electrons. The van der Waals surface area contributed by atoms with Crippen molar-refractivity contribution >= 4 is 34.9 Å². The molecule has 3 rings (SSSR count). The van der Waals surface area contributed by atoms with Gasteiger partial charge in [0.2, 0.25) is 11.8 Å². The number of carbonyl (C=O) groups is 2. The summed E-state index contributed by atoms with van der Waals surface area (Å²) in [4.78, 5) is 29.2. The van der Waals surface area contributed by atoms with Gasteiger partial charge >= 0.3 is 0 Å². The Labute approximate surface area is 132 Å². The Kier molecular flexibility index (Phi) is 4.51. The Hall–Kier alpha value is -1.05. The van der Waals surface area contributed by atoms with Crippen molar-refractivity contribution in [3.63, 3.8) is 0 Å². The molecule has 0 aromatic carbocycles. The van der Waals surface area contributed by atoms with Gasteiger partial charge in [-0.3, -0.25) is 9.59 Å². The predicted molar refractivity (Wildman–Crippen MR) is 83.4 cm³/mol. The van der Waals surface area contributed by atoms with Gasteiger partial charge in [-0.25, -0.2) is 0 Å². The van der Waals surface area contributed by atoms with Crippen LogP contribution in [-0.2, 0) is 14.3 Å². The van der Waals surface area contributed by atoms with E-state index in [9.17, 15) is 9.59 Å². The van der Waals surface area contributed by atoms with E-state index in [4.69, 9.17) is 4.74 Å². The van der Waals surface area contributed by atoms with Gasteiger partial charge in [0.05, 0.1) is 19.0 Å². The number of morpholine rings is 1. The number of amides is 2. The van der Waals surface area contributed by atoms with Gasteiger partial charge in [0.15, 0.2) is 0 Å². The Balaban J connectivity index is 1.71. The number of nitrogens with zero attached hydrogens (tertiary/aromatic N) is 2. The second-order valence-electron chi connectivity index (χ2n) is 5.15. The highest BCUT2D eigenvalue weighted by molar-refractivity contribution is 8.00. The monoisotopic (exact) mass is 326 g/mol. The van der Waals surface area contributed by atoms with Crippen molar-refractivity contribution in [2.45, 2.75) is 12.3 Å². The molecule has 1 atom stereocenters. The van der Waals surface area contributed by atoms with Gasteiger partial charge in [-0.2, -0.15) is 0 Å². The fourth-order valence-corrected chi connectivity index (χ4v) is 5.00. The zero-order valence-corrected chi connectivity index (χ0v) is 13.5. The summed E-state index contributed by atoms with van der Waals surface area (Å²) in [6.45, 7) is 4.64. The third-order valence-electron chi connectivity index (χ3n) is 3.76. The summed E-state index contributed by atoms with van der Waals surface area (Å²) in [5.41, 5.74) is 1.19. The second kappa shape index (κ2) is 6.37. The average molecular weight is 326 g/mol. The van der Waals surface area contributed by atoms with Crippen LogP contribution < -0.4 is 0 Å². The molecular weight excluding hydrogens is 308 g/mol. The fourth-order valence-electron chi connectivity index (χ4n) is 2.54. The van der Waals surface area contributed by atoms with Crippen molar-refractivity contribution in [3.05, 3.63) is 21.9 Å². The van der Waals surface area contributed by atoms with E-state index in [2.05, 4.69) is 13.0 Å². The number of hydrogen-bond acceptors (Lipinski definition) is 5. The molecule has 0 N–H and O–H groups in total. The number of rotatable bonds is 3. The van der Waals surface area contributed by atoms with Gasteiger partial charge in [-0.15, -0.1) is 23.1 Å². The van der Waals surface area contributed by atoms with Crippen molar-refractivity contribution in [2.24, 2.45) is 0 Å². The lowest BCUT2D eigenvalue weighted by Crippen LogP contribution is -2.46. The maximum atomic E-state index is 12.4. The lowest BCUT2D eigenvalue weighted by atomic mass is 10.2. The highest BCUT2D eigenvalue weighted by Gasteiger charge is 2.36. The number of hydrogen-bond donors (Lipinski definition) is 0. The van der Waals surface area contributed by atoms with Crippen LogP contribution in [0.1, 0.15) is 15.8 Å². The minimum atomic E-state index is -0.0116. The van der Waals surface area contributed by atoms with Crippen molar-refractivity contribution in [3.8, 4) is 0 Å². The molecule has 2 saturated heterocycles. The zero-order valence-electron chi connectivity index (χ0n) is 11.9. The molecule has 21 heavy (non-hydrogen) atoms. The molecule has 5 nitrogen and oxygen atoms in total. The SMILES string of the molecule is Cc1ccsc1[C@@H]1SCC(=O)N1CC(=O)N1CCOCC1.